The minimum absolute atomic E-state index is 0.00870. The number of carbonyl (C=O) groups is 1. The molecule has 2 aromatic rings. The number of carbonyl (C=O) groups excluding carboxylic acids is 1. The van der Waals surface area contributed by atoms with Crippen LogP contribution in [0.1, 0.15) is 5.56 Å². The van der Waals surface area contributed by atoms with Crippen LogP contribution in [0.4, 0.5) is 5.69 Å². The molecule has 1 aliphatic heterocycles. The fourth-order valence-electron chi connectivity index (χ4n) is 2.42. The molecule has 138 valence electrons. The van der Waals surface area contributed by atoms with Crippen LogP contribution >= 0.6 is 11.8 Å². The normalized spacial score (nSPS) is 16.8. The number of aliphatic hydroxyl groups excluding tert-OH is 1. The number of thioether (sulfide) groups is 1. The molecular weight excluding hydrogens is 366 g/mol. The molecule has 0 saturated heterocycles. The van der Waals surface area contributed by atoms with Gasteiger partial charge in [-0.3, -0.25) is 0 Å². The van der Waals surface area contributed by atoms with Crippen LogP contribution in [-0.4, -0.2) is 35.4 Å². The Labute approximate surface area is 160 Å². The Morgan fingerprint density at radius 3 is 2.48 bits per heavy atom. The van der Waals surface area contributed by atoms with Gasteiger partial charge in [-0.15, -0.1) is 0 Å². The largest absolute Gasteiger partial charge is 0.507 e. The van der Waals surface area contributed by atoms with Crippen molar-refractivity contribution in [1.82, 2.24) is 0 Å². The minimum Gasteiger partial charge on any atom is -0.507 e. The molecule has 0 radical (unpaired) electrons. The number of phenolic OH excluding ortho intramolecular Hbond substituents is 1. The molecule has 0 fully saturated rings. The quantitative estimate of drug-likeness (QED) is 0.769. The van der Waals surface area contributed by atoms with Crippen LogP contribution in [0, 0.1) is 0 Å². The zero-order valence-electron chi connectivity index (χ0n) is 14.7. The number of ether oxygens (including phenoxy) is 2. The number of rotatable bonds is 4. The van der Waals surface area contributed by atoms with Crippen molar-refractivity contribution >= 4 is 34.5 Å². The zero-order valence-corrected chi connectivity index (χ0v) is 15.5. The van der Waals surface area contributed by atoms with E-state index >= 15 is 0 Å². The molecule has 2 aromatic carbocycles. The molecule has 1 aliphatic rings. The van der Waals surface area contributed by atoms with Crippen molar-refractivity contribution in [2.45, 2.75) is 0 Å². The van der Waals surface area contributed by atoms with Crippen molar-refractivity contribution in [3.8, 4) is 11.5 Å². The highest BCUT2D eigenvalue weighted by molar-refractivity contribution is 8.18. The van der Waals surface area contributed by atoms with Crippen molar-refractivity contribution < 1.29 is 24.5 Å². The van der Waals surface area contributed by atoms with Gasteiger partial charge in [0, 0.05) is 11.6 Å². The Balaban J connectivity index is 2.04. The minimum atomic E-state index is -0.683. The molecule has 2 N–H and O–H groups in total. The number of para-hydroxylation sites is 1. The van der Waals surface area contributed by atoms with E-state index < -0.39 is 5.97 Å². The van der Waals surface area contributed by atoms with Gasteiger partial charge >= 0.3 is 5.97 Å². The van der Waals surface area contributed by atoms with E-state index in [4.69, 9.17) is 9.47 Å². The smallest absolute Gasteiger partial charge is 0.344 e. The molecule has 0 spiro atoms. The van der Waals surface area contributed by atoms with Crippen LogP contribution in [0.15, 0.2) is 69.8 Å². The lowest BCUT2D eigenvalue weighted by Gasteiger charge is -2.04. The fraction of sp³-hybridized carbons (Fsp3) is 0.100. The summed E-state index contributed by atoms with van der Waals surface area (Å²) in [6.45, 7) is 0. The predicted molar refractivity (Wildman–Crippen MR) is 105 cm³/mol. The third-order valence-corrected chi connectivity index (χ3v) is 4.81. The van der Waals surface area contributed by atoms with Gasteiger partial charge in [-0.25, -0.2) is 9.79 Å². The maximum atomic E-state index is 12.1. The highest BCUT2D eigenvalue weighted by Gasteiger charge is 2.33. The molecule has 0 saturated carbocycles. The summed E-state index contributed by atoms with van der Waals surface area (Å²) < 4.78 is 9.84. The van der Waals surface area contributed by atoms with Gasteiger partial charge in [-0.05, 0) is 30.3 Å². The number of esters is 1. The molecule has 7 heteroatoms. The number of hydrogen-bond acceptors (Lipinski definition) is 7. The third kappa shape index (κ3) is 3.98. The van der Waals surface area contributed by atoms with E-state index in [0.29, 0.717) is 26.9 Å². The summed E-state index contributed by atoms with van der Waals surface area (Å²) in [6, 6.07) is 13.9. The molecule has 0 unspecified atom stereocenters. The van der Waals surface area contributed by atoms with E-state index in [1.54, 1.807) is 30.3 Å². The van der Waals surface area contributed by atoms with Crippen molar-refractivity contribution in [3.63, 3.8) is 0 Å². The van der Waals surface area contributed by atoms with Gasteiger partial charge in [0.25, 0.3) is 0 Å². The lowest BCUT2D eigenvalue weighted by Crippen LogP contribution is -2.10. The Morgan fingerprint density at radius 2 is 1.85 bits per heavy atom. The van der Waals surface area contributed by atoms with Crippen LogP contribution in [0.25, 0.3) is 6.08 Å². The topological polar surface area (TPSA) is 88.4 Å². The van der Waals surface area contributed by atoms with Gasteiger partial charge in [-0.2, -0.15) is 0 Å². The molecule has 0 bridgehead atoms. The summed E-state index contributed by atoms with van der Waals surface area (Å²) in [4.78, 5) is 17.0. The molecule has 0 aromatic heterocycles. The number of benzene rings is 2. The number of hydrogen-bond donors (Lipinski definition) is 2. The summed E-state index contributed by atoms with van der Waals surface area (Å²) in [5.41, 5.74) is 1.10. The molecule has 27 heavy (non-hydrogen) atoms. The van der Waals surface area contributed by atoms with Crippen LogP contribution in [0.5, 0.6) is 11.5 Å². The summed E-state index contributed by atoms with van der Waals surface area (Å²) >= 11 is 1.12. The standard InChI is InChI=1S/C20H17NO5S/c1-25-14-9-8-12(15(22)11-14)10-16-18(23)17(20(24)26-2)19(27-16)21-13-6-4-3-5-7-13/h3-11,22-23H,1-2H3/b16-10+,21-19?. The second kappa shape index (κ2) is 8.01. The molecule has 0 amide bonds. The first-order valence-corrected chi connectivity index (χ1v) is 8.77. The summed E-state index contributed by atoms with van der Waals surface area (Å²) in [5.74, 6) is -0.424. The number of aliphatic hydroxyl groups is 1. The van der Waals surface area contributed by atoms with E-state index in [1.807, 2.05) is 18.2 Å². The van der Waals surface area contributed by atoms with Crippen molar-refractivity contribution in [1.29, 1.82) is 0 Å². The molecular formula is C20H17NO5S. The van der Waals surface area contributed by atoms with Crippen molar-refractivity contribution in [2.24, 2.45) is 4.99 Å². The third-order valence-electron chi connectivity index (χ3n) is 3.79. The Kier molecular flexibility index (Phi) is 5.52. The number of aromatic hydroxyl groups is 1. The second-order valence-electron chi connectivity index (χ2n) is 5.50. The number of nitrogens with zero attached hydrogens (tertiary/aromatic N) is 1. The van der Waals surface area contributed by atoms with Gasteiger partial charge in [0.15, 0.2) is 0 Å². The first-order chi connectivity index (χ1) is 13.0. The van der Waals surface area contributed by atoms with Gasteiger partial charge < -0.3 is 19.7 Å². The van der Waals surface area contributed by atoms with E-state index in [2.05, 4.69) is 4.99 Å². The summed E-state index contributed by atoms with van der Waals surface area (Å²) in [7, 11) is 2.74. The number of phenols is 1. The van der Waals surface area contributed by atoms with Gasteiger partial charge in [0.05, 0.1) is 24.8 Å². The number of methoxy groups -OCH3 is 2. The molecule has 1 heterocycles. The predicted octanol–water partition coefficient (Wildman–Crippen LogP) is 4.20. The lowest BCUT2D eigenvalue weighted by molar-refractivity contribution is -0.135. The highest BCUT2D eigenvalue weighted by atomic mass is 32.2. The molecule has 0 atom stereocenters. The van der Waals surface area contributed by atoms with Gasteiger partial charge in [0.1, 0.15) is 27.9 Å². The Morgan fingerprint density at radius 1 is 1.11 bits per heavy atom. The first kappa shape index (κ1) is 18.6. The second-order valence-corrected chi connectivity index (χ2v) is 6.53. The van der Waals surface area contributed by atoms with Gasteiger partial charge in [-0.1, -0.05) is 30.0 Å². The SMILES string of the molecule is COC(=O)C1=C(O)/C(=C\c2ccc(OC)cc2O)SC1=Nc1ccccc1. The van der Waals surface area contributed by atoms with Crippen molar-refractivity contribution in [2.75, 3.05) is 14.2 Å². The van der Waals surface area contributed by atoms with E-state index in [9.17, 15) is 15.0 Å². The average Bonchev–Trinajstić information content (AvgIpc) is 2.98. The van der Waals surface area contributed by atoms with Crippen molar-refractivity contribution in [3.05, 3.63) is 70.3 Å². The summed E-state index contributed by atoms with van der Waals surface area (Å²) in [6.07, 6.45) is 1.57. The zero-order chi connectivity index (χ0) is 19.4. The highest BCUT2D eigenvalue weighted by Crippen LogP contribution is 2.41. The van der Waals surface area contributed by atoms with Crippen LogP contribution in [0.3, 0.4) is 0 Å². The first-order valence-electron chi connectivity index (χ1n) is 7.96. The molecule has 6 nitrogen and oxygen atoms in total. The van der Waals surface area contributed by atoms with Crippen LogP contribution in [-0.2, 0) is 9.53 Å². The Hall–Kier alpha value is -3.19. The number of aliphatic imine (C=N–C) groups is 1. The van der Waals surface area contributed by atoms with Crippen LogP contribution in [0.2, 0.25) is 0 Å². The monoisotopic (exact) mass is 383 g/mol. The molecule has 3 rings (SSSR count). The van der Waals surface area contributed by atoms with E-state index in [0.717, 1.165) is 11.8 Å². The van der Waals surface area contributed by atoms with E-state index in [-0.39, 0.29) is 17.1 Å². The maximum absolute atomic E-state index is 12.1. The van der Waals surface area contributed by atoms with Crippen LogP contribution < -0.4 is 4.74 Å². The average molecular weight is 383 g/mol. The maximum Gasteiger partial charge on any atom is 0.344 e. The van der Waals surface area contributed by atoms with E-state index in [1.165, 1.54) is 20.3 Å². The Bertz CT molecular complexity index is 964. The molecule has 0 aliphatic carbocycles. The summed E-state index contributed by atoms with van der Waals surface area (Å²) in [5, 5.41) is 21.0. The van der Waals surface area contributed by atoms with Gasteiger partial charge in [0.2, 0.25) is 0 Å². The lowest BCUT2D eigenvalue weighted by atomic mass is 10.1. The fourth-order valence-corrected chi connectivity index (χ4v) is 3.45.